The molecule has 0 aliphatic rings. The number of hydrogen-bond donors (Lipinski definition) is 1. The lowest BCUT2D eigenvalue weighted by Gasteiger charge is -1.99. The van der Waals surface area contributed by atoms with Crippen molar-refractivity contribution < 1.29 is 5.11 Å². The summed E-state index contributed by atoms with van der Waals surface area (Å²) in [6.07, 6.45) is 3.66. The zero-order chi connectivity index (χ0) is 8.27. The Morgan fingerprint density at radius 3 is 2.82 bits per heavy atom. The predicted molar refractivity (Wildman–Crippen MR) is 47.8 cm³/mol. The Balaban J connectivity index is 3.16. The van der Waals surface area contributed by atoms with Crippen LogP contribution >= 0.6 is 11.6 Å². The zero-order valence-corrected chi connectivity index (χ0v) is 6.97. The van der Waals surface area contributed by atoms with Crippen molar-refractivity contribution in [2.24, 2.45) is 0 Å². The third-order valence-corrected chi connectivity index (χ3v) is 1.67. The van der Waals surface area contributed by atoms with Gasteiger partial charge in [-0.05, 0) is 13.0 Å². The van der Waals surface area contributed by atoms with E-state index in [1.54, 1.807) is 24.3 Å². The Bertz CT molecular complexity index is 279. The molecule has 0 saturated heterocycles. The summed E-state index contributed by atoms with van der Waals surface area (Å²) in [7, 11) is 0. The van der Waals surface area contributed by atoms with E-state index in [0.29, 0.717) is 5.02 Å². The van der Waals surface area contributed by atoms with E-state index in [9.17, 15) is 5.11 Å². The molecule has 1 nitrogen and oxygen atoms in total. The number of aromatic hydroxyl groups is 1. The first-order valence-electron chi connectivity index (χ1n) is 3.36. The Labute approximate surface area is 70.9 Å². The van der Waals surface area contributed by atoms with E-state index in [2.05, 4.69) is 0 Å². The molecule has 0 amide bonds. The maximum atomic E-state index is 9.35. The summed E-state index contributed by atoms with van der Waals surface area (Å²) in [6.45, 7) is 1.89. The number of halogens is 1. The van der Waals surface area contributed by atoms with Crippen molar-refractivity contribution in [3.05, 3.63) is 34.9 Å². The summed E-state index contributed by atoms with van der Waals surface area (Å²) in [5, 5.41) is 9.73. The van der Waals surface area contributed by atoms with Crippen molar-refractivity contribution in [1.29, 1.82) is 0 Å². The molecule has 0 saturated carbocycles. The minimum Gasteiger partial charge on any atom is -0.506 e. The number of allylic oxidation sites excluding steroid dienone is 1. The van der Waals surface area contributed by atoms with Crippen LogP contribution in [0.5, 0.6) is 5.75 Å². The molecule has 0 atom stereocenters. The molecule has 0 unspecified atom stereocenters. The average Bonchev–Trinajstić information content (AvgIpc) is 1.99. The molecule has 1 aromatic carbocycles. The molecule has 1 N–H and O–H groups in total. The summed E-state index contributed by atoms with van der Waals surface area (Å²) in [5.74, 6) is 0.146. The van der Waals surface area contributed by atoms with E-state index < -0.39 is 0 Å². The standard InChI is InChI=1S/C9H9ClO/c1-2-4-7-5-3-6-8(10)9(7)11/h2-6,11H,1H3. The number of rotatable bonds is 1. The Morgan fingerprint density at radius 2 is 2.18 bits per heavy atom. The molecule has 0 spiro atoms. The van der Waals surface area contributed by atoms with Gasteiger partial charge in [-0.3, -0.25) is 0 Å². The van der Waals surface area contributed by atoms with Gasteiger partial charge < -0.3 is 5.11 Å². The molecule has 1 rings (SSSR count). The first-order valence-corrected chi connectivity index (χ1v) is 3.73. The van der Waals surface area contributed by atoms with Gasteiger partial charge >= 0.3 is 0 Å². The van der Waals surface area contributed by atoms with Crippen LogP contribution in [0.3, 0.4) is 0 Å². The van der Waals surface area contributed by atoms with E-state index in [1.807, 2.05) is 13.0 Å². The molecular formula is C9H9ClO. The SMILES string of the molecule is CC=Cc1cccc(Cl)c1O. The van der Waals surface area contributed by atoms with Gasteiger partial charge in [-0.15, -0.1) is 0 Å². The Morgan fingerprint density at radius 1 is 1.45 bits per heavy atom. The maximum Gasteiger partial charge on any atom is 0.141 e. The lowest BCUT2D eigenvalue weighted by molar-refractivity contribution is 0.474. The van der Waals surface area contributed by atoms with Gasteiger partial charge in [0.05, 0.1) is 5.02 Å². The van der Waals surface area contributed by atoms with Gasteiger partial charge in [0.2, 0.25) is 0 Å². The molecule has 58 valence electrons. The third kappa shape index (κ3) is 1.75. The van der Waals surface area contributed by atoms with E-state index in [0.717, 1.165) is 5.56 Å². The second-order valence-corrected chi connectivity index (χ2v) is 2.58. The highest BCUT2D eigenvalue weighted by Gasteiger charge is 1.99. The largest absolute Gasteiger partial charge is 0.506 e. The predicted octanol–water partition coefficient (Wildman–Crippen LogP) is 3.08. The molecule has 0 aliphatic carbocycles. The van der Waals surface area contributed by atoms with Crippen molar-refractivity contribution in [3.63, 3.8) is 0 Å². The van der Waals surface area contributed by atoms with Gasteiger partial charge in [0.25, 0.3) is 0 Å². The number of para-hydroxylation sites is 1. The smallest absolute Gasteiger partial charge is 0.141 e. The fourth-order valence-corrected chi connectivity index (χ4v) is 1.03. The normalized spacial score (nSPS) is 10.7. The average molecular weight is 169 g/mol. The Hall–Kier alpha value is -0.950. The van der Waals surface area contributed by atoms with E-state index in [4.69, 9.17) is 11.6 Å². The molecule has 1 aromatic rings. The first kappa shape index (κ1) is 8.15. The van der Waals surface area contributed by atoms with Crippen LogP contribution in [0, 0.1) is 0 Å². The van der Waals surface area contributed by atoms with Crippen LogP contribution in [0.1, 0.15) is 12.5 Å². The fraction of sp³-hybridized carbons (Fsp3) is 0.111. The second-order valence-electron chi connectivity index (χ2n) is 2.18. The van der Waals surface area contributed by atoms with Gasteiger partial charge in [0, 0.05) is 5.56 Å². The summed E-state index contributed by atoms with van der Waals surface area (Å²) < 4.78 is 0. The molecule has 0 aromatic heterocycles. The van der Waals surface area contributed by atoms with Crippen LogP contribution in [-0.2, 0) is 0 Å². The van der Waals surface area contributed by atoms with Crippen molar-refractivity contribution in [3.8, 4) is 5.75 Å². The van der Waals surface area contributed by atoms with E-state index in [1.165, 1.54) is 0 Å². The molecule has 0 fully saturated rings. The monoisotopic (exact) mass is 168 g/mol. The van der Waals surface area contributed by atoms with Crippen molar-refractivity contribution >= 4 is 17.7 Å². The number of benzene rings is 1. The van der Waals surface area contributed by atoms with Crippen molar-refractivity contribution in [2.75, 3.05) is 0 Å². The summed E-state index contributed by atoms with van der Waals surface area (Å²) >= 11 is 5.67. The van der Waals surface area contributed by atoms with Crippen LogP contribution in [0.4, 0.5) is 0 Å². The Kier molecular flexibility index (Phi) is 2.55. The summed E-state index contributed by atoms with van der Waals surface area (Å²) in [5.41, 5.74) is 0.750. The van der Waals surface area contributed by atoms with Gasteiger partial charge in [0.1, 0.15) is 5.75 Å². The quantitative estimate of drug-likeness (QED) is 0.684. The molecule has 0 aliphatic heterocycles. The second kappa shape index (κ2) is 3.44. The minimum absolute atomic E-state index is 0.146. The van der Waals surface area contributed by atoms with Gasteiger partial charge in [0.15, 0.2) is 0 Å². The summed E-state index contributed by atoms with van der Waals surface area (Å²) in [6, 6.07) is 5.27. The zero-order valence-electron chi connectivity index (χ0n) is 6.21. The molecule has 0 radical (unpaired) electrons. The first-order chi connectivity index (χ1) is 5.25. The topological polar surface area (TPSA) is 20.2 Å². The van der Waals surface area contributed by atoms with Gasteiger partial charge in [-0.25, -0.2) is 0 Å². The summed E-state index contributed by atoms with van der Waals surface area (Å²) in [4.78, 5) is 0. The molecule has 2 heteroatoms. The number of phenols is 1. The minimum atomic E-state index is 0.146. The number of hydrogen-bond acceptors (Lipinski definition) is 1. The molecular weight excluding hydrogens is 160 g/mol. The molecule has 0 heterocycles. The fourth-order valence-electron chi connectivity index (χ4n) is 0.846. The van der Waals surface area contributed by atoms with Crippen LogP contribution in [0.15, 0.2) is 24.3 Å². The lowest BCUT2D eigenvalue weighted by atomic mass is 10.2. The van der Waals surface area contributed by atoms with Crippen LogP contribution in [0.2, 0.25) is 5.02 Å². The van der Waals surface area contributed by atoms with E-state index in [-0.39, 0.29) is 5.75 Å². The van der Waals surface area contributed by atoms with Crippen molar-refractivity contribution in [1.82, 2.24) is 0 Å². The van der Waals surface area contributed by atoms with Crippen LogP contribution in [-0.4, -0.2) is 5.11 Å². The highest BCUT2D eigenvalue weighted by atomic mass is 35.5. The van der Waals surface area contributed by atoms with Crippen LogP contribution < -0.4 is 0 Å². The van der Waals surface area contributed by atoms with Crippen molar-refractivity contribution in [2.45, 2.75) is 6.92 Å². The van der Waals surface area contributed by atoms with Crippen LogP contribution in [0.25, 0.3) is 6.08 Å². The highest BCUT2D eigenvalue weighted by molar-refractivity contribution is 6.32. The maximum absolute atomic E-state index is 9.35. The van der Waals surface area contributed by atoms with E-state index >= 15 is 0 Å². The number of phenolic OH excluding ortho intramolecular Hbond substituents is 1. The highest BCUT2D eigenvalue weighted by Crippen LogP contribution is 2.27. The third-order valence-electron chi connectivity index (χ3n) is 1.36. The molecule has 0 bridgehead atoms. The van der Waals surface area contributed by atoms with Gasteiger partial charge in [-0.1, -0.05) is 35.9 Å². The molecule has 11 heavy (non-hydrogen) atoms. The lowest BCUT2D eigenvalue weighted by Crippen LogP contribution is -1.74. The van der Waals surface area contributed by atoms with Gasteiger partial charge in [-0.2, -0.15) is 0 Å².